The molecule has 0 saturated carbocycles. The van der Waals surface area contributed by atoms with E-state index in [0.29, 0.717) is 0 Å². The molecule has 1 heterocycles. The molecule has 1 rings (SSSR count). The summed E-state index contributed by atoms with van der Waals surface area (Å²) in [6.07, 6.45) is 1.17. The van der Waals surface area contributed by atoms with Crippen molar-refractivity contribution in [2.45, 2.75) is 13.3 Å². The van der Waals surface area contributed by atoms with E-state index in [9.17, 15) is 4.21 Å². The molecule has 1 aliphatic rings. The Kier molecular flexibility index (Phi) is 3.24. The third kappa shape index (κ3) is 1.92. The quantitative estimate of drug-likeness (QED) is 0.460. The van der Waals surface area contributed by atoms with E-state index in [1.54, 1.807) is 0 Å². The van der Waals surface area contributed by atoms with Crippen molar-refractivity contribution in [3.8, 4) is 0 Å². The normalized spacial score (nSPS) is 36.6. The van der Waals surface area contributed by atoms with Crippen LogP contribution >= 0.6 is 0 Å². The zero-order chi connectivity index (χ0) is 5.28. The fourth-order valence-corrected chi connectivity index (χ4v) is 2.45. The summed E-state index contributed by atoms with van der Waals surface area (Å²) in [6, 6.07) is 0. The lowest BCUT2D eigenvalue weighted by Crippen LogP contribution is -1.92. The topological polar surface area (TPSA) is 48.6 Å². The third-order valence-corrected chi connectivity index (χ3v) is 2.94. The van der Waals surface area contributed by atoms with E-state index in [2.05, 4.69) is 6.92 Å². The van der Waals surface area contributed by atoms with E-state index in [1.807, 2.05) is 0 Å². The Labute approximate surface area is 52.0 Å². The maximum Gasteiger partial charge on any atom is 0.0260 e. The molecule has 50 valence electrons. The molecule has 0 spiro atoms. The van der Waals surface area contributed by atoms with Crippen molar-refractivity contribution < 1.29 is 9.69 Å². The Balaban J connectivity index is 0.000000490. The molecule has 0 aromatic carbocycles. The molecule has 1 saturated heterocycles. The molecule has 0 aromatic rings. The van der Waals surface area contributed by atoms with Gasteiger partial charge in [0.2, 0.25) is 0 Å². The van der Waals surface area contributed by atoms with E-state index in [0.717, 1.165) is 17.4 Å². The van der Waals surface area contributed by atoms with Crippen molar-refractivity contribution in [2.75, 3.05) is 11.5 Å². The van der Waals surface area contributed by atoms with E-state index in [1.165, 1.54) is 6.42 Å². The second-order valence-electron chi connectivity index (χ2n) is 2.20. The van der Waals surface area contributed by atoms with Crippen LogP contribution in [0.5, 0.6) is 0 Å². The maximum atomic E-state index is 10.6. The van der Waals surface area contributed by atoms with Gasteiger partial charge < -0.3 is 5.48 Å². The molecule has 0 amide bonds. The minimum Gasteiger partial charge on any atom is -0.412 e. The Morgan fingerprint density at radius 1 is 1.62 bits per heavy atom. The summed E-state index contributed by atoms with van der Waals surface area (Å²) in [5.41, 5.74) is 0. The fraction of sp³-hybridized carbons (Fsp3) is 1.00. The number of rotatable bonds is 0. The summed E-state index contributed by atoms with van der Waals surface area (Å²) in [7, 11) is -0.453. The average Bonchev–Trinajstić information content (AvgIpc) is 1.87. The van der Waals surface area contributed by atoms with Gasteiger partial charge in [0.25, 0.3) is 0 Å². The van der Waals surface area contributed by atoms with Gasteiger partial charge in [-0.05, 0) is 12.3 Å². The molecule has 3 heteroatoms. The van der Waals surface area contributed by atoms with Gasteiger partial charge in [-0.25, -0.2) is 0 Å². The molecule has 8 heavy (non-hydrogen) atoms. The van der Waals surface area contributed by atoms with Gasteiger partial charge >= 0.3 is 0 Å². The summed E-state index contributed by atoms with van der Waals surface area (Å²) in [5, 5.41) is 0. The highest BCUT2D eigenvalue weighted by Crippen LogP contribution is 2.12. The molecule has 2 atom stereocenters. The molecule has 2 nitrogen and oxygen atoms in total. The van der Waals surface area contributed by atoms with Crippen molar-refractivity contribution in [3.63, 3.8) is 0 Å². The predicted octanol–water partition coefficient (Wildman–Crippen LogP) is -0.0498. The minimum atomic E-state index is -0.453. The average molecular weight is 136 g/mol. The lowest BCUT2D eigenvalue weighted by Gasteiger charge is -1.89. The van der Waals surface area contributed by atoms with Gasteiger partial charge in [-0.2, -0.15) is 0 Å². The smallest absolute Gasteiger partial charge is 0.0260 e. The summed E-state index contributed by atoms with van der Waals surface area (Å²) in [4.78, 5) is 0. The highest BCUT2D eigenvalue weighted by atomic mass is 32.2. The summed E-state index contributed by atoms with van der Waals surface area (Å²) >= 11 is 0. The largest absolute Gasteiger partial charge is 0.412 e. The first-order valence-corrected chi connectivity index (χ1v) is 4.13. The Hall–Kier alpha value is 0.110. The summed E-state index contributed by atoms with van der Waals surface area (Å²) in [5.74, 6) is 2.61. The molecule has 2 N–H and O–H groups in total. The highest BCUT2D eigenvalue weighted by Gasteiger charge is 2.15. The SMILES string of the molecule is CC1CCS(=O)C1.O. The van der Waals surface area contributed by atoms with Crippen LogP contribution in [-0.4, -0.2) is 21.2 Å². The van der Waals surface area contributed by atoms with Crippen LogP contribution in [0.1, 0.15) is 13.3 Å². The monoisotopic (exact) mass is 136 g/mol. The van der Waals surface area contributed by atoms with Gasteiger partial charge in [0, 0.05) is 22.3 Å². The third-order valence-electron chi connectivity index (χ3n) is 1.31. The summed E-state index contributed by atoms with van der Waals surface area (Å²) < 4.78 is 10.6. The second-order valence-corrected chi connectivity index (χ2v) is 3.83. The van der Waals surface area contributed by atoms with E-state index >= 15 is 0 Å². The summed E-state index contributed by atoms with van der Waals surface area (Å²) in [6.45, 7) is 2.16. The van der Waals surface area contributed by atoms with Crippen molar-refractivity contribution >= 4 is 10.8 Å². The van der Waals surface area contributed by atoms with Crippen molar-refractivity contribution in [2.24, 2.45) is 5.92 Å². The van der Waals surface area contributed by atoms with Crippen LogP contribution in [0, 0.1) is 5.92 Å². The van der Waals surface area contributed by atoms with Crippen LogP contribution in [-0.2, 0) is 10.8 Å². The van der Waals surface area contributed by atoms with Gasteiger partial charge in [-0.1, -0.05) is 6.92 Å². The van der Waals surface area contributed by atoms with Crippen LogP contribution in [0.2, 0.25) is 0 Å². The molecule has 0 aliphatic carbocycles. The minimum absolute atomic E-state index is 0. The van der Waals surface area contributed by atoms with Crippen LogP contribution in [0.25, 0.3) is 0 Å². The van der Waals surface area contributed by atoms with E-state index < -0.39 is 10.8 Å². The van der Waals surface area contributed by atoms with Gasteiger partial charge in [0.15, 0.2) is 0 Å². The van der Waals surface area contributed by atoms with Crippen LogP contribution in [0.4, 0.5) is 0 Å². The van der Waals surface area contributed by atoms with Crippen molar-refractivity contribution in [1.82, 2.24) is 0 Å². The maximum absolute atomic E-state index is 10.6. The van der Waals surface area contributed by atoms with Gasteiger partial charge in [-0.15, -0.1) is 0 Å². The number of hydrogen-bond donors (Lipinski definition) is 0. The standard InChI is InChI=1S/C5H10OS.H2O/c1-5-2-3-7(6)4-5;/h5H,2-4H2,1H3;1H2. The van der Waals surface area contributed by atoms with Crippen molar-refractivity contribution in [1.29, 1.82) is 0 Å². The lowest BCUT2D eigenvalue weighted by atomic mass is 10.2. The number of hydrogen-bond acceptors (Lipinski definition) is 1. The lowest BCUT2D eigenvalue weighted by molar-refractivity contribution is 0.664. The molecule has 0 bridgehead atoms. The van der Waals surface area contributed by atoms with E-state index in [4.69, 9.17) is 0 Å². The van der Waals surface area contributed by atoms with Gasteiger partial charge in [0.05, 0.1) is 0 Å². The zero-order valence-corrected chi connectivity index (χ0v) is 5.83. The molecule has 0 aromatic heterocycles. The Morgan fingerprint density at radius 2 is 2.25 bits per heavy atom. The molecule has 0 radical (unpaired) electrons. The first kappa shape index (κ1) is 8.11. The first-order valence-electron chi connectivity index (χ1n) is 2.64. The molecular weight excluding hydrogens is 124 g/mol. The van der Waals surface area contributed by atoms with Gasteiger partial charge in [-0.3, -0.25) is 4.21 Å². The van der Waals surface area contributed by atoms with Crippen LogP contribution in [0.15, 0.2) is 0 Å². The second kappa shape index (κ2) is 3.20. The zero-order valence-electron chi connectivity index (χ0n) is 5.02. The Bertz CT molecular complexity index is 92.4. The molecule has 2 unspecified atom stereocenters. The fourth-order valence-electron chi connectivity index (χ4n) is 0.817. The first-order chi connectivity index (χ1) is 3.29. The van der Waals surface area contributed by atoms with Crippen LogP contribution in [0.3, 0.4) is 0 Å². The van der Waals surface area contributed by atoms with Crippen LogP contribution < -0.4 is 0 Å². The van der Waals surface area contributed by atoms with Gasteiger partial charge in [0.1, 0.15) is 0 Å². The van der Waals surface area contributed by atoms with Crippen molar-refractivity contribution in [3.05, 3.63) is 0 Å². The molecule has 1 aliphatic heterocycles. The highest BCUT2D eigenvalue weighted by molar-refractivity contribution is 7.85. The Morgan fingerprint density at radius 3 is 2.38 bits per heavy atom. The molecule has 1 fully saturated rings. The predicted molar refractivity (Wildman–Crippen MR) is 35.3 cm³/mol. The van der Waals surface area contributed by atoms with E-state index in [-0.39, 0.29) is 5.48 Å². The molecular formula is C5H12O2S.